The first-order valence-corrected chi connectivity index (χ1v) is 8.49. The van der Waals surface area contributed by atoms with Gasteiger partial charge in [-0.3, -0.25) is 4.98 Å². The largest absolute Gasteiger partial charge is 0.300 e. The SMILES string of the molecule is CCC(C)c1cnc2c(c1)CCC(N1CCCC1)CC2. The minimum atomic E-state index is 0.644. The van der Waals surface area contributed by atoms with Crippen molar-refractivity contribution < 1.29 is 0 Å². The van der Waals surface area contributed by atoms with Gasteiger partial charge in [0.05, 0.1) is 0 Å². The molecule has 1 aromatic heterocycles. The van der Waals surface area contributed by atoms with Crippen LogP contribution in [0.1, 0.15) is 68.7 Å². The van der Waals surface area contributed by atoms with Gasteiger partial charge in [0.15, 0.2) is 0 Å². The number of pyridine rings is 1. The van der Waals surface area contributed by atoms with Crippen LogP contribution in [0.15, 0.2) is 12.3 Å². The summed E-state index contributed by atoms with van der Waals surface area (Å²) in [6.07, 6.45) is 11.2. The molecule has 0 radical (unpaired) electrons. The molecular weight excluding hydrogens is 244 g/mol. The van der Waals surface area contributed by atoms with Crippen molar-refractivity contribution in [2.45, 2.75) is 70.8 Å². The molecule has 0 aromatic carbocycles. The number of likely N-dealkylation sites (tertiary alicyclic amines) is 1. The first-order valence-electron chi connectivity index (χ1n) is 8.49. The Morgan fingerprint density at radius 2 is 2.00 bits per heavy atom. The molecule has 1 saturated heterocycles. The van der Waals surface area contributed by atoms with Crippen molar-refractivity contribution >= 4 is 0 Å². The molecule has 0 N–H and O–H groups in total. The Balaban J connectivity index is 1.73. The third-order valence-corrected chi connectivity index (χ3v) is 5.38. The summed E-state index contributed by atoms with van der Waals surface area (Å²) in [5.41, 5.74) is 4.34. The van der Waals surface area contributed by atoms with Gasteiger partial charge in [0, 0.05) is 17.9 Å². The van der Waals surface area contributed by atoms with Gasteiger partial charge in [-0.2, -0.15) is 0 Å². The van der Waals surface area contributed by atoms with E-state index in [0.717, 1.165) is 6.04 Å². The van der Waals surface area contributed by atoms with Crippen LogP contribution in [0.25, 0.3) is 0 Å². The Kier molecular flexibility index (Phi) is 4.40. The second kappa shape index (κ2) is 6.26. The zero-order valence-corrected chi connectivity index (χ0v) is 13.1. The standard InChI is InChI=1S/C18H28N2/c1-3-14(2)16-12-15-6-7-17(20-10-4-5-11-20)8-9-18(15)19-13-16/h12-14,17H,3-11H2,1-2H3. The van der Waals surface area contributed by atoms with Crippen molar-refractivity contribution in [2.24, 2.45) is 0 Å². The summed E-state index contributed by atoms with van der Waals surface area (Å²) in [5, 5.41) is 0. The number of hydrogen-bond acceptors (Lipinski definition) is 2. The van der Waals surface area contributed by atoms with E-state index in [4.69, 9.17) is 4.98 Å². The second-order valence-corrected chi connectivity index (χ2v) is 6.66. The zero-order valence-electron chi connectivity index (χ0n) is 13.1. The Labute approximate surface area is 123 Å². The van der Waals surface area contributed by atoms with Crippen LogP contribution < -0.4 is 0 Å². The molecule has 1 aromatic rings. The van der Waals surface area contributed by atoms with Gasteiger partial charge in [-0.1, -0.05) is 19.9 Å². The van der Waals surface area contributed by atoms with Crippen molar-refractivity contribution in [1.82, 2.24) is 9.88 Å². The third-order valence-electron chi connectivity index (χ3n) is 5.38. The van der Waals surface area contributed by atoms with Crippen molar-refractivity contribution in [3.63, 3.8) is 0 Å². The lowest BCUT2D eigenvalue weighted by molar-refractivity contribution is 0.222. The number of fused-ring (bicyclic) bond motifs is 1. The highest BCUT2D eigenvalue weighted by Crippen LogP contribution is 2.27. The van der Waals surface area contributed by atoms with E-state index in [1.807, 2.05) is 0 Å². The van der Waals surface area contributed by atoms with Gasteiger partial charge in [-0.05, 0) is 75.1 Å². The number of nitrogens with zero attached hydrogens (tertiary/aromatic N) is 2. The molecule has 0 amide bonds. The van der Waals surface area contributed by atoms with Crippen molar-refractivity contribution in [1.29, 1.82) is 0 Å². The number of aromatic nitrogens is 1. The molecule has 1 fully saturated rings. The minimum absolute atomic E-state index is 0.644. The van der Waals surface area contributed by atoms with Gasteiger partial charge in [-0.25, -0.2) is 0 Å². The van der Waals surface area contributed by atoms with E-state index >= 15 is 0 Å². The summed E-state index contributed by atoms with van der Waals surface area (Å²) >= 11 is 0. The maximum Gasteiger partial charge on any atom is 0.0436 e. The first kappa shape index (κ1) is 14.1. The van der Waals surface area contributed by atoms with Gasteiger partial charge in [0.2, 0.25) is 0 Å². The van der Waals surface area contributed by atoms with Crippen molar-refractivity contribution in [3.8, 4) is 0 Å². The summed E-state index contributed by atoms with van der Waals surface area (Å²) in [6, 6.07) is 3.25. The minimum Gasteiger partial charge on any atom is -0.300 e. The highest BCUT2D eigenvalue weighted by Gasteiger charge is 2.25. The topological polar surface area (TPSA) is 16.1 Å². The molecule has 0 spiro atoms. The smallest absolute Gasteiger partial charge is 0.0436 e. The van der Waals surface area contributed by atoms with Gasteiger partial charge < -0.3 is 4.90 Å². The van der Waals surface area contributed by atoms with Gasteiger partial charge in [0.25, 0.3) is 0 Å². The summed E-state index contributed by atoms with van der Waals surface area (Å²) in [7, 11) is 0. The lowest BCUT2D eigenvalue weighted by atomic mass is 9.97. The van der Waals surface area contributed by atoms with Crippen molar-refractivity contribution in [3.05, 3.63) is 29.1 Å². The van der Waals surface area contributed by atoms with Gasteiger partial charge in [-0.15, -0.1) is 0 Å². The third kappa shape index (κ3) is 2.90. The monoisotopic (exact) mass is 272 g/mol. The van der Waals surface area contributed by atoms with E-state index in [1.165, 1.54) is 74.9 Å². The molecule has 0 saturated carbocycles. The first-order chi connectivity index (χ1) is 9.78. The molecular formula is C18H28N2. The van der Waals surface area contributed by atoms with E-state index in [1.54, 1.807) is 0 Å². The number of rotatable bonds is 3. The lowest BCUT2D eigenvalue weighted by Crippen LogP contribution is -2.32. The Morgan fingerprint density at radius 3 is 2.75 bits per heavy atom. The van der Waals surface area contributed by atoms with Crippen LogP contribution in [0.5, 0.6) is 0 Å². The van der Waals surface area contributed by atoms with Crippen LogP contribution in [0.2, 0.25) is 0 Å². The molecule has 2 unspecified atom stereocenters. The molecule has 20 heavy (non-hydrogen) atoms. The van der Waals surface area contributed by atoms with E-state index in [-0.39, 0.29) is 0 Å². The summed E-state index contributed by atoms with van der Waals surface area (Å²) in [5.74, 6) is 0.644. The maximum absolute atomic E-state index is 4.79. The molecule has 2 aliphatic rings. The number of aryl methyl sites for hydroxylation is 2. The van der Waals surface area contributed by atoms with Gasteiger partial charge in [0.1, 0.15) is 0 Å². The predicted octanol–water partition coefficient (Wildman–Crippen LogP) is 3.94. The van der Waals surface area contributed by atoms with Gasteiger partial charge >= 0.3 is 0 Å². The van der Waals surface area contributed by atoms with Crippen LogP contribution in [0.3, 0.4) is 0 Å². The lowest BCUT2D eigenvalue weighted by Gasteiger charge is -2.25. The Bertz CT molecular complexity index is 449. The highest BCUT2D eigenvalue weighted by atomic mass is 15.2. The molecule has 2 heterocycles. The highest BCUT2D eigenvalue weighted by molar-refractivity contribution is 5.29. The average Bonchev–Trinajstić information content (AvgIpc) is 2.93. The van der Waals surface area contributed by atoms with E-state index < -0.39 is 0 Å². The second-order valence-electron chi connectivity index (χ2n) is 6.66. The fourth-order valence-electron chi connectivity index (χ4n) is 3.75. The maximum atomic E-state index is 4.79. The molecule has 2 atom stereocenters. The van der Waals surface area contributed by atoms with Crippen LogP contribution in [0.4, 0.5) is 0 Å². The molecule has 110 valence electrons. The van der Waals surface area contributed by atoms with Crippen LogP contribution in [-0.2, 0) is 12.8 Å². The fourth-order valence-corrected chi connectivity index (χ4v) is 3.75. The summed E-state index contributed by atoms with van der Waals surface area (Å²) < 4.78 is 0. The number of hydrogen-bond donors (Lipinski definition) is 0. The molecule has 1 aliphatic carbocycles. The van der Waals surface area contributed by atoms with Crippen LogP contribution in [-0.4, -0.2) is 29.0 Å². The average molecular weight is 272 g/mol. The van der Waals surface area contributed by atoms with E-state index in [0.29, 0.717) is 5.92 Å². The van der Waals surface area contributed by atoms with E-state index in [9.17, 15) is 0 Å². The van der Waals surface area contributed by atoms with Crippen molar-refractivity contribution in [2.75, 3.05) is 13.1 Å². The molecule has 2 nitrogen and oxygen atoms in total. The molecule has 3 rings (SSSR count). The summed E-state index contributed by atoms with van der Waals surface area (Å²) in [6.45, 7) is 7.23. The molecule has 2 heteroatoms. The normalized spacial score (nSPS) is 25.2. The summed E-state index contributed by atoms with van der Waals surface area (Å²) in [4.78, 5) is 7.51. The van der Waals surface area contributed by atoms with Crippen LogP contribution >= 0.6 is 0 Å². The van der Waals surface area contributed by atoms with Crippen LogP contribution in [0, 0.1) is 0 Å². The Morgan fingerprint density at radius 1 is 1.25 bits per heavy atom. The quantitative estimate of drug-likeness (QED) is 0.775. The molecule has 0 bridgehead atoms. The Hall–Kier alpha value is -0.890. The predicted molar refractivity (Wildman–Crippen MR) is 84.2 cm³/mol. The molecule has 1 aliphatic heterocycles. The fraction of sp³-hybridized carbons (Fsp3) is 0.722. The zero-order chi connectivity index (χ0) is 13.9. The van der Waals surface area contributed by atoms with E-state index in [2.05, 4.69) is 31.0 Å².